The number of hydrogen-bond donors (Lipinski definition) is 0. The molecular weight excluding hydrogens is 329 g/mol. The van der Waals surface area contributed by atoms with Crippen LogP contribution in [-0.2, 0) is 4.79 Å². The number of carbonyl (C=O) groups excluding carboxylic acids is 1. The van der Waals surface area contributed by atoms with Crippen LogP contribution < -0.4 is 0 Å². The molecular formula is C16H18Cl3NO. The molecule has 1 aromatic rings. The zero-order chi connectivity index (χ0) is 15.4. The minimum Gasteiger partial charge on any atom is -0.332 e. The smallest absolute Gasteiger partial charge is 0.232 e. The molecule has 0 heterocycles. The second kappa shape index (κ2) is 5.04. The van der Waals surface area contributed by atoms with Crippen LogP contribution in [0.15, 0.2) is 24.3 Å². The number of carbonyl (C=O) groups is 1. The molecule has 21 heavy (non-hydrogen) atoms. The SMILES string of the molecule is CC(c1ccccc1Cl)N(C(=O)C1(C)CC1(Cl)Cl)C1CC1. The van der Waals surface area contributed by atoms with Crippen LogP contribution in [0.2, 0.25) is 5.02 Å². The Morgan fingerprint density at radius 1 is 1.33 bits per heavy atom. The minimum absolute atomic E-state index is 0.0439. The molecule has 0 aliphatic heterocycles. The number of rotatable bonds is 4. The Morgan fingerprint density at radius 2 is 1.90 bits per heavy atom. The highest BCUT2D eigenvalue weighted by Gasteiger charge is 2.69. The first-order valence-electron chi connectivity index (χ1n) is 7.23. The van der Waals surface area contributed by atoms with E-state index in [9.17, 15) is 4.79 Å². The number of hydrogen-bond acceptors (Lipinski definition) is 1. The normalized spacial score (nSPS) is 28.0. The highest BCUT2D eigenvalue weighted by atomic mass is 35.5. The number of halogens is 3. The van der Waals surface area contributed by atoms with Crippen molar-refractivity contribution in [2.45, 2.75) is 49.5 Å². The van der Waals surface area contributed by atoms with Gasteiger partial charge in [0.25, 0.3) is 0 Å². The van der Waals surface area contributed by atoms with E-state index in [0.29, 0.717) is 11.4 Å². The second-order valence-corrected chi connectivity index (χ2v) is 8.25. The van der Waals surface area contributed by atoms with E-state index >= 15 is 0 Å². The molecule has 1 aromatic carbocycles. The van der Waals surface area contributed by atoms with E-state index in [4.69, 9.17) is 34.8 Å². The lowest BCUT2D eigenvalue weighted by Crippen LogP contribution is -2.41. The van der Waals surface area contributed by atoms with Crippen LogP contribution in [0, 0.1) is 5.41 Å². The molecule has 2 atom stereocenters. The van der Waals surface area contributed by atoms with Gasteiger partial charge in [-0.2, -0.15) is 0 Å². The molecule has 1 amide bonds. The van der Waals surface area contributed by atoms with Crippen molar-refractivity contribution in [2.24, 2.45) is 5.41 Å². The van der Waals surface area contributed by atoms with Gasteiger partial charge in [-0.05, 0) is 44.7 Å². The van der Waals surface area contributed by atoms with Crippen molar-refractivity contribution < 1.29 is 4.79 Å². The largest absolute Gasteiger partial charge is 0.332 e. The molecule has 0 N–H and O–H groups in total. The molecule has 2 fully saturated rings. The van der Waals surface area contributed by atoms with Crippen LogP contribution in [0.25, 0.3) is 0 Å². The molecule has 2 saturated carbocycles. The predicted octanol–water partition coefficient (Wildman–Crippen LogP) is 4.98. The van der Waals surface area contributed by atoms with Gasteiger partial charge in [0.05, 0.1) is 11.5 Å². The van der Waals surface area contributed by atoms with Crippen molar-refractivity contribution in [2.75, 3.05) is 0 Å². The zero-order valence-electron chi connectivity index (χ0n) is 12.1. The van der Waals surface area contributed by atoms with Crippen LogP contribution in [0.5, 0.6) is 0 Å². The van der Waals surface area contributed by atoms with E-state index in [2.05, 4.69) is 0 Å². The molecule has 0 saturated heterocycles. The van der Waals surface area contributed by atoms with Gasteiger partial charge in [0.1, 0.15) is 4.33 Å². The molecule has 114 valence electrons. The summed E-state index contributed by atoms with van der Waals surface area (Å²) in [4.78, 5) is 14.9. The van der Waals surface area contributed by atoms with Crippen LogP contribution in [0.1, 0.15) is 44.7 Å². The summed E-state index contributed by atoms with van der Waals surface area (Å²) >= 11 is 18.7. The fraction of sp³-hybridized carbons (Fsp3) is 0.562. The fourth-order valence-electron chi connectivity index (χ4n) is 2.89. The first-order valence-corrected chi connectivity index (χ1v) is 8.36. The van der Waals surface area contributed by atoms with Gasteiger partial charge in [-0.3, -0.25) is 4.79 Å². The third-order valence-electron chi connectivity index (χ3n) is 4.68. The Bertz CT molecular complexity index is 585. The summed E-state index contributed by atoms with van der Waals surface area (Å²) in [5, 5.41) is 0.687. The predicted molar refractivity (Wildman–Crippen MR) is 86.9 cm³/mol. The highest BCUT2D eigenvalue weighted by Crippen LogP contribution is 2.65. The molecule has 2 nitrogen and oxygen atoms in total. The third kappa shape index (κ3) is 2.56. The molecule has 5 heteroatoms. The van der Waals surface area contributed by atoms with E-state index in [1.54, 1.807) is 0 Å². The molecule has 0 bridgehead atoms. The van der Waals surface area contributed by atoms with Gasteiger partial charge in [-0.15, -0.1) is 23.2 Å². The van der Waals surface area contributed by atoms with E-state index in [-0.39, 0.29) is 18.0 Å². The lowest BCUT2D eigenvalue weighted by Gasteiger charge is -2.33. The van der Waals surface area contributed by atoms with Gasteiger partial charge in [0.2, 0.25) is 5.91 Å². The summed E-state index contributed by atoms with van der Waals surface area (Å²) in [6.45, 7) is 3.87. The van der Waals surface area contributed by atoms with Crippen molar-refractivity contribution in [3.05, 3.63) is 34.9 Å². The summed E-state index contributed by atoms with van der Waals surface area (Å²) in [6, 6.07) is 7.88. The number of amides is 1. The first-order chi connectivity index (χ1) is 9.78. The maximum Gasteiger partial charge on any atom is 0.232 e. The van der Waals surface area contributed by atoms with Crippen molar-refractivity contribution in [3.8, 4) is 0 Å². The van der Waals surface area contributed by atoms with Crippen LogP contribution in [0.4, 0.5) is 0 Å². The van der Waals surface area contributed by atoms with Crippen molar-refractivity contribution in [3.63, 3.8) is 0 Å². The van der Waals surface area contributed by atoms with Crippen molar-refractivity contribution >= 4 is 40.7 Å². The minimum atomic E-state index is -0.933. The van der Waals surface area contributed by atoms with Crippen molar-refractivity contribution in [1.29, 1.82) is 0 Å². The second-order valence-electron chi connectivity index (χ2n) is 6.35. The molecule has 2 aliphatic rings. The Hall–Kier alpha value is -0.440. The Balaban J connectivity index is 1.89. The fourth-order valence-corrected chi connectivity index (χ4v) is 3.88. The summed E-state index contributed by atoms with van der Waals surface area (Å²) in [7, 11) is 0. The van der Waals surface area contributed by atoms with E-state index < -0.39 is 9.75 Å². The van der Waals surface area contributed by atoms with Gasteiger partial charge in [-0.25, -0.2) is 0 Å². The van der Waals surface area contributed by atoms with Crippen LogP contribution in [-0.4, -0.2) is 21.2 Å². The number of benzene rings is 1. The average molecular weight is 347 g/mol. The molecule has 0 aromatic heterocycles. The topological polar surface area (TPSA) is 20.3 Å². The maximum atomic E-state index is 13.0. The maximum absolute atomic E-state index is 13.0. The molecule has 0 spiro atoms. The van der Waals surface area contributed by atoms with E-state index in [0.717, 1.165) is 18.4 Å². The highest BCUT2D eigenvalue weighted by molar-refractivity contribution is 6.53. The Labute approximate surface area is 140 Å². The van der Waals surface area contributed by atoms with Gasteiger partial charge >= 0.3 is 0 Å². The van der Waals surface area contributed by atoms with Gasteiger partial charge in [0, 0.05) is 11.1 Å². The Kier molecular flexibility index (Phi) is 3.71. The van der Waals surface area contributed by atoms with Gasteiger partial charge in [0.15, 0.2) is 0 Å². The first kappa shape index (κ1) is 15.5. The summed E-state index contributed by atoms with van der Waals surface area (Å²) in [5.74, 6) is 0.0439. The Morgan fingerprint density at radius 3 is 2.38 bits per heavy atom. The molecule has 2 aliphatic carbocycles. The standard InChI is InChI=1S/C16H18Cl3NO/c1-10(12-5-3-4-6-13(12)17)20(11-7-8-11)14(21)15(2)9-16(15,18)19/h3-6,10-11H,7-9H2,1-2H3. The molecule has 0 radical (unpaired) electrons. The van der Waals surface area contributed by atoms with Crippen LogP contribution >= 0.6 is 34.8 Å². The number of alkyl halides is 2. The van der Waals surface area contributed by atoms with E-state index in [1.807, 2.05) is 43.0 Å². The monoisotopic (exact) mass is 345 g/mol. The summed E-state index contributed by atoms with van der Waals surface area (Å²) < 4.78 is -0.933. The lowest BCUT2D eigenvalue weighted by atomic mass is 10.0. The summed E-state index contributed by atoms with van der Waals surface area (Å²) in [6.07, 6.45) is 2.59. The zero-order valence-corrected chi connectivity index (χ0v) is 14.3. The van der Waals surface area contributed by atoms with Gasteiger partial charge < -0.3 is 4.90 Å². The van der Waals surface area contributed by atoms with E-state index in [1.165, 1.54) is 0 Å². The van der Waals surface area contributed by atoms with Gasteiger partial charge in [-0.1, -0.05) is 29.8 Å². The molecule has 3 rings (SSSR count). The quantitative estimate of drug-likeness (QED) is 0.704. The lowest BCUT2D eigenvalue weighted by molar-refractivity contribution is -0.139. The molecule has 2 unspecified atom stereocenters. The van der Waals surface area contributed by atoms with Crippen molar-refractivity contribution in [1.82, 2.24) is 4.90 Å². The number of nitrogens with zero attached hydrogens (tertiary/aromatic N) is 1. The average Bonchev–Trinajstić information content (AvgIpc) is 3.30. The third-order valence-corrected chi connectivity index (χ3v) is 6.12. The summed E-state index contributed by atoms with van der Waals surface area (Å²) in [5.41, 5.74) is 0.298. The van der Waals surface area contributed by atoms with Crippen LogP contribution in [0.3, 0.4) is 0 Å².